The number of nitrogens with one attached hydrogen (secondary N) is 1. The molecule has 2 aromatic rings. The molecule has 1 saturated carbocycles. The average molecular weight is 324 g/mol. The summed E-state index contributed by atoms with van der Waals surface area (Å²) in [6.45, 7) is 1.36. The van der Waals surface area contributed by atoms with Crippen LogP contribution in [0.5, 0.6) is 5.75 Å². The van der Waals surface area contributed by atoms with Gasteiger partial charge in [0.15, 0.2) is 11.6 Å². The highest BCUT2D eigenvalue weighted by Gasteiger charge is 2.28. The van der Waals surface area contributed by atoms with Gasteiger partial charge in [0, 0.05) is 13.0 Å². The third-order valence-electron chi connectivity index (χ3n) is 3.36. The molecule has 1 aromatic heterocycles. The van der Waals surface area contributed by atoms with Gasteiger partial charge in [0.2, 0.25) is 5.89 Å². The summed E-state index contributed by atoms with van der Waals surface area (Å²) in [7, 11) is 1.63. The highest BCUT2D eigenvalue weighted by Crippen LogP contribution is 2.38. The molecule has 0 atom stereocenters. The second kappa shape index (κ2) is 6.98. The molecule has 0 unspecified atom stereocenters. The number of halogens is 1. The first kappa shape index (κ1) is 15.1. The van der Waals surface area contributed by atoms with Gasteiger partial charge in [-0.3, -0.25) is 0 Å². The van der Waals surface area contributed by atoms with Crippen molar-refractivity contribution in [3.8, 4) is 5.75 Å². The standard InChI is InChI=1S/C15H18ClN3O3/c1-20-7-8-21-14-11(16)3-2-4-12(14)17-9-13-18-15(19-22-13)10-5-6-10/h2-4,10,17H,5-9H2,1H3. The topological polar surface area (TPSA) is 69.4 Å². The molecule has 1 fully saturated rings. The van der Waals surface area contributed by atoms with Crippen LogP contribution in [0.1, 0.15) is 30.5 Å². The smallest absolute Gasteiger partial charge is 0.245 e. The fourth-order valence-corrected chi connectivity index (χ4v) is 2.27. The maximum Gasteiger partial charge on any atom is 0.245 e. The zero-order valence-corrected chi connectivity index (χ0v) is 13.1. The minimum Gasteiger partial charge on any atom is -0.487 e. The van der Waals surface area contributed by atoms with Crippen LogP contribution in [0.15, 0.2) is 22.7 Å². The lowest BCUT2D eigenvalue weighted by Crippen LogP contribution is -2.08. The van der Waals surface area contributed by atoms with E-state index in [1.54, 1.807) is 13.2 Å². The van der Waals surface area contributed by atoms with E-state index in [1.807, 2.05) is 12.1 Å². The Labute approximate surface area is 133 Å². The maximum atomic E-state index is 6.19. The molecule has 1 aliphatic carbocycles. The van der Waals surface area contributed by atoms with Crippen molar-refractivity contribution in [3.05, 3.63) is 34.9 Å². The third kappa shape index (κ3) is 3.69. The number of anilines is 1. The van der Waals surface area contributed by atoms with Crippen molar-refractivity contribution in [2.45, 2.75) is 25.3 Å². The van der Waals surface area contributed by atoms with E-state index in [-0.39, 0.29) is 0 Å². The van der Waals surface area contributed by atoms with Crippen LogP contribution in [0.2, 0.25) is 5.02 Å². The predicted octanol–water partition coefficient (Wildman–Crippen LogP) is 3.24. The Kier molecular flexibility index (Phi) is 4.80. The lowest BCUT2D eigenvalue weighted by Gasteiger charge is -2.13. The Morgan fingerprint density at radius 2 is 2.23 bits per heavy atom. The van der Waals surface area contributed by atoms with Crippen molar-refractivity contribution < 1.29 is 14.0 Å². The van der Waals surface area contributed by atoms with Gasteiger partial charge in [-0.25, -0.2) is 0 Å². The number of benzene rings is 1. The van der Waals surface area contributed by atoms with Crippen LogP contribution >= 0.6 is 11.6 Å². The highest BCUT2D eigenvalue weighted by molar-refractivity contribution is 6.32. The van der Waals surface area contributed by atoms with Gasteiger partial charge < -0.3 is 19.3 Å². The largest absolute Gasteiger partial charge is 0.487 e. The number of rotatable bonds is 8. The van der Waals surface area contributed by atoms with Gasteiger partial charge in [0.1, 0.15) is 6.61 Å². The van der Waals surface area contributed by atoms with Gasteiger partial charge >= 0.3 is 0 Å². The van der Waals surface area contributed by atoms with Gasteiger partial charge in [-0.05, 0) is 25.0 Å². The first-order valence-electron chi connectivity index (χ1n) is 7.24. The van der Waals surface area contributed by atoms with Crippen molar-refractivity contribution in [3.63, 3.8) is 0 Å². The molecule has 1 aromatic carbocycles. The summed E-state index contributed by atoms with van der Waals surface area (Å²) in [6.07, 6.45) is 2.30. The maximum absolute atomic E-state index is 6.19. The average Bonchev–Trinajstić information content (AvgIpc) is 3.26. The van der Waals surface area contributed by atoms with Gasteiger partial charge in [-0.2, -0.15) is 4.98 Å². The van der Waals surface area contributed by atoms with E-state index >= 15 is 0 Å². The third-order valence-corrected chi connectivity index (χ3v) is 3.65. The first-order chi connectivity index (χ1) is 10.8. The van der Waals surface area contributed by atoms with E-state index in [0.29, 0.717) is 42.3 Å². The van der Waals surface area contributed by atoms with Crippen LogP contribution in [0, 0.1) is 0 Å². The summed E-state index contributed by atoms with van der Waals surface area (Å²) in [5.74, 6) is 2.45. The molecule has 22 heavy (non-hydrogen) atoms. The zero-order chi connectivity index (χ0) is 15.4. The Hall–Kier alpha value is -1.79. The van der Waals surface area contributed by atoms with E-state index in [0.717, 1.165) is 24.4 Å². The van der Waals surface area contributed by atoms with E-state index in [9.17, 15) is 0 Å². The molecule has 1 N–H and O–H groups in total. The quantitative estimate of drug-likeness (QED) is 0.752. The Balaban J connectivity index is 1.64. The number of hydrogen-bond donors (Lipinski definition) is 1. The molecule has 1 heterocycles. The highest BCUT2D eigenvalue weighted by atomic mass is 35.5. The zero-order valence-electron chi connectivity index (χ0n) is 12.3. The summed E-state index contributed by atoms with van der Waals surface area (Å²) in [4.78, 5) is 4.38. The molecule has 0 saturated heterocycles. The van der Waals surface area contributed by atoms with Crippen LogP contribution < -0.4 is 10.1 Å². The van der Waals surface area contributed by atoms with Gasteiger partial charge in [0.25, 0.3) is 0 Å². The number of hydrogen-bond acceptors (Lipinski definition) is 6. The van der Waals surface area contributed by atoms with Crippen LogP contribution in [0.3, 0.4) is 0 Å². The number of aromatic nitrogens is 2. The SMILES string of the molecule is COCCOc1c(Cl)cccc1NCc1nc(C2CC2)no1. The van der Waals surface area contributed by atoms with Crippen molar-refractivity contribution in [1.82, 2.24) is 10.1 Å². The molecular weight excluding hydrogens is 306 g/mol. The molecule has 6 nitrogen and oxygen atoms in total. The molecule has 0 bridgehead atoms. The fourth-order valence-electron chi connectivity index (χ4n) is 2.04. The van der Waals surface area contributed by atoms with Crippen molar-refractivity contribution in [2.75, 3.05) is 25.6 Å². The van der Waals surface area contributed by atoms with E-state index < -0.39 is 0 Å². The molecule has 3 rings (SSSR count). The van der Waals surface area contributed by atoms with Crippen LogP contribution in [-0.2, 0) is 11.3 Å². The van der Waals surface area contributed by atoms with Crippen LogP contribution in [0.4, 0.5) is 5.69 Å². The number of ether oxygens (including phenoxy) is 2. The van der Waals surface area contributed by atoms with Gasteiger partial charge in [-0.1, -0.05) is 22.8 Å². The minimum absolute atomic E-state index is 0.431. The fraction of sp³-hybridized carbons (Fsp3) is 0.467. The summed E-state index contributed by atoms with van der Waals surface area (Å²) in [6, 6.07) is 5.54. The Bertz CT molecular complexity index is 628. The summed E-state index contributed by atoms with van der Waals surface area (Å²) < 4.78 is 15.9. The molecule has 1 aliphatic rings. The Morgan fingerprint density at radius 1 is 1.36 bits per heavy atom. The Morgan fingerprint density at radius 3 is 3.00 bits per heavy atom. The molecule has 118 valence electrons. The first-order valence-corrected chi connectivity index (χ1v) is 7.62. The van der Waals surface area contributed by atoms with E-state index in [2.05, 4.69) is 15.5 Å². The molecule has 0 aliphatic heterocycles. The summed E-state index contributed by atoms with van der Waals surface area (Å²) >= 11 is 6.19. The number of methoxy groups -OCH3 is 1. The second-order valence-electron chi connectivity index (χ2n) is 5.13. The monoisotopic (exact) mass is 323 g/mol. The van der Waals surface area contributed by atoms with Crippen LogP contribution in [-0.4, -0.2) is 30.5 Å². The van der Waals surface area contributed by atoms with Gasteiger partial charge in [-0.15, -0.1) is 0 Å². The molecule has 0 spiro atoms. The summed E-state index contributed by atoms with van der Waals surface area (Å²) in [5, 5.41) is 7.76. The lowest BCUT2D eigenvalue weighted by atomic mass is 10.3. The molecule has 0 amide bonds. The van der Waals surface area contributed by atoms with Crippen molar-refractivity contribution in [1.29, 1.82) is 0 Å². The van der Waals surface area contributed by atoms with Crippen molar-refractivity contribution >= 4 is 17.3 Å². The molecular formula is C15H18ClN3O3. The predicted molar refractivity (Wildman–Crippen MR) is 82.4 cm³/mol. The second-order valence-corrected chi connectivity index (χ2v) is 5.54. The number of nitrogens with zero attached hydrogens (tertiary/aromatic N) is 2. The normalized spacial score (nSPS) is 14.1. The van der Waals surface area contributed by atoms with E-state index in [1.165, 1.54) is 0 Å². The minimum atomic E-state index is 0.431. The van der Waals surface area contributed by atoms with E-state index in [4.69, 9.17) is 25.6 Å². The van der Waals surface area contributed by atoms with Crippen LogP contribution in [0.25, 0.3) is 0 Å². The summed E-state index contributed by atoms with van der Waals surface area (Å²) in [5.41, 5.74) is 0.787. The lowest BCUT2D eigenvalue weighted by molar-refractivity contribution is 0.146. The van der Waals surface area contributed by atoms with Crippen molar-refractivity contribution in [2.24, 2.45) is 0 Å². The van der Waals surface area contributed by atoms with Gasteiger partial charge in [0.05, 0.1) is 23.9 Å². The number of para-hydroxylation sites is 1. The molecule has 7 heteroatoms. The molecule has 0 radical (unpaired) electrons.